The summed E-state index contributed by atoms with van der Waals surface area (Å²) in [6.07, 6.45) is 2.98. The van der Waals surface area contributed by atoms with Crippen molar-refractivity contribution in [2.24, 2.45) is 4.99 Å². The Bertz CT molecular complexity index is 994. The van der Waals surface area contributed by atoms with Crippen molar-refractivity contribution >= 4 is 40.8 Å². The first kappa shape index (κ1) is 25.6. The van der Waals surface area contributed by atoms with E-state index in [2.05, 4.69) is 46.9 Å². The SMILES string of the molecule is CCNC(=NCc1cc(OC)c(OCC)c(OC)c1)NCCc1c[nH]c2ccccc12.I. The van der Waals surface area contributed by atoms with Crippen molar-refractivity contribution < 1.29 is 14.2 Å². The van der Waals surface area contributed by atoms with Gasteiger partial charge in [-0.25, -0.2) is 4.99 Å². The second-order valence-electron chi connectivity index (χ2n) is 6.99. The van der Waals surface area contributed by atoms with Crippen molar-refractivity contribution in [1.29, 1.82) is 0 Å². The summed E-state index contributed by atoms with van der Waals surface area (Å²) in [5.74, 6) is 2.67. The molecule has 0 atom stereocenters. The first-order chi connectivity index (χ1) is 15.2. The molecule has 0 fully saturated rings. The second kappa shape index (κ2) is 13.0. The summed E-state index contributed by atoms with van der Waals surface area (Å²) in [5.41, 5.74) is 3.43. The van der Waals surface area contributed by atoms with Crippen LogP contribution in [0.4, 0.5) is 0 Å². The molecule has 0 unspecified atom stereocenters. The first-order valence-electron chi connectivity index (χ1n) is 10.6. The standard InChI is InChI=1S/C24H32N4O3.HI/c1-5-25-24(26-12-11-18-16-27-20-10-8-7-9-19(18)20)28-15-17-13-21(29-3)23(31-6-2)22(14-17)30-4;/h7-10,13-14,16,27H,5-6,11-12,15H2,1-4H3,(H2,25,26,28);1H. The van der Waals surface area contributed by atoms with E-state index in [0.29, 0.717) is 30.4 Å². The summed E-state index contributed by atoms with van der Waals surface area (Å²) in [6.45, 7) is 6.58. The highest BCUT2D eigenvalue weighted by molar-refractivity contribution is 14.0. The monoisotopic (exact) mass is 552 g/mol. The van der Waals surface area contributed by atoms with Crippen LogP contribution in [0.3, 0.4) is 0 Å². The van der Waals surface area contributed by atoms with Crippen LogP contribution in [-0.2, 0) is 13.0 Å². The number of aliphatic imine (C=N–C) groups is 1. The van der Waals surface area contributed by atoms with Gasteiger partial charge in [-0.2, -0.15) is 0 Å². The molecule has 0 spiro atoms. The molecular weight excluding hydrogens is 519 g/mol. The molecular formula is C24H33IN4O3. The van der Waals surface area contributed by atoms with E-state index in [1.54, 1.807) is 14.2 Å². The quantitative estimate of drug-likeness (QED) is 0.196. The number of guanidine groups is 1. The van der Waals surface area contributed by atoms with Crippen LogP contribution in [0.2, 0.25) is 0 Å². The second-order valence-corrected chi connectivity index (χ2v) is 6.99. The van der Waals surface area contributed by atoms with E-state index in [0.717, 1.165) is 36.6 Å². The molecule has 0 aliphatic rings. The number of ether oxygens (including phenoxy) is 3. The average Bonchev–Trinajstić information content (AvgIpc) is 3.21. The number of rotatable bonds is 10. The lowest BCUT2D eigenvalue weighted by Gasteiger charge is -2.15. The summed E-state index contributed by atoms with van der Waals surface area (Å²) < 4.78 is 16.7. The van der Waals surface area contributed by atoms with Gasteiger partial charge in [-0.05, 0) is 49.6 Å². The first-order valence-corrected chi connectivity index (χ1v) is 10.6. The van der Waals surface area contributed by atoms with E-state index in [4.69, 9.17) is 19.2 Å². The molecule has 1 heterocycles. The number of aromatic nitrogens is 1. The number of aromatic amines is 1. The lowest BCUT2D eigenvalue weighted by atomic mass is 10.1. The minimum atomic E-state index is 0. The largest absolute Gasteiger partial charge is 0.493 e. The smallest absolute Gasteiger partial charge is 0.203 e. The molecule has 0 saturated heterocycles. The number of hydrogen-bond donors (Lipinski definition) is 3. The maximum atomic E-state index is 5.68. The molecule has 1 aromatic heterocycles. The molecule has 0 aliphatic heterocycles. The third-order valence-electron chi connectivity index (χ3n) is 4.93. The van der Waals surface area contributed by atoms with E-state index < -0.39 is 0 Å². The zero-order chi connectivity index (χ0) is 22.1. The zero-order valence-electron chi connectivity index (χ0n) is 19.2. The van der Waals surface area contributed by atoms with E-state index in [9.17, 15) is 0 Å². The van der Waals surface area contributed by atoms with Crippen LogP contribution < -0.4 is 24.8 Å². The van der Waals surface area contributed by atoms with Gasteiger partial charge in [-0.3, -0.25) is 0 Å². The molecule has 0 bridgehead atoms. The van der Waals surface area contributed by atoms with Gasteiger partial charge in [0.2, 0.25) is 5.75 Å². The van der Waals surface area contributed by atoms with Gasteiger partial charge in [0.25, 0.3) is 0 Å². The average molecular weight is 552 g/mol. The molecule has 8 heteroatoms. The van der Waals surface area contributed by atoms with Gasteiger partial charge >= 0.3 is 0 Å². The summed E-state index contributed by atoms with van der Waals surface area (Å²) in [5, 5.41) is 7.99. The fraction of sp³-hybridized carbons (Fsp3) is 0.375. The Kier molecular flexibility index (Phi) is 10.5. The Balaban J connectivity index is 0.00000363. The van der Waals surface area contributed by atoms with Crippen molar-refractivity contribution in [3.05, 3.63) is 53.7 Å². The molecule has 2 aromatic carbocycles. The van der Waals surface area contributed by atoms with Crippen LogP contribution in [0.5, 0.6) is 17.2 Å². The number of para-hydroxylation sites is 1. The number of halogens is 1. The van der Waals surface area contributed by atoms with Crippen LogP contribution in [-0.4, -0.2) is 44.9 Å². The number of benzene rings is 2. The van der Waals surface area contributed by atoms with Gasteiger partial charge < -0.3 is 29.8 Å². The minimum absolute atomic E-state index is 0. The number of methoxy groups -OCH3 is 2. The van der Waals surface area contributed by atoms with Crippen LogP contribution in [0.15, 0.2) is 47.6 Å². The number of hydrogen-bond acceptors (Lipinski definition) is 4. The Labute approximate surface area is 207 Å². The molecule has 0 saturated carbocycles. The highest BCUT2D eigenvalue weighted by Gasteiger charge is 2.14. The Morgan fingerprint density at radius 2 is 1.75 bits per heavy atom. The summed E-state index contributed by atoms with van der Waals surface area (Å²) in [7, 11) is 3.25. The molecule has 7 nitrogen and oxygen atoms in total. The minimum Gasteiger partial charge on any atom is -0.493 e. The van der Waals surface area contributed by atoms with Crippen molar-refractivity contribution in [3.63, 3.8) is 0 Å². The molecule has 0 amide bonds. The number of nitrogens with zero attached hydrogens (tertiary/aromatic N) is 1. The van der Waals surface area contributed by atoms with Gasteiger partial charge in [0.1, 0.15) is 0 Å². The summed E-state index contributed by atoms with van der Waals surface area (Å²) >= 11 is 0. The van der Waals surface area contributed by atoms with Gasteiger partial charge in [0.15, 0.2) is 17.5 Å². The maximum Gasteiger partial charge on any atom is 0.203 e. The highest BCUT2D eigenvalue weighted by Crippen LogP contribution is 2.38. The van der Waals surface area contributed by atoms with Crippen LogP contribution in [0.25, 0.3) is 10.9 Å². The van der Waals surface area contributed by atoms with Crippen LogP contribution in [0, 0.1) is 0 Å². The van der Waals surface area contributed by atoms with Crippen molar-refractivity contribution in [1.82, 2.24) is 15.6 Å². The predicted molar refractivity (Wildman–Crippen MR) is 141 cm³/mol. The third-order valence-corrected chi connectivity index (χ3v) is 4.93. The Morgan fingerprint density at radius 1 is 1.03 bits per heavy atom. The van der Waals surface area contributed by atoms with Crippen molar-refractivity contribution in [3.8, 4) is 17.2 Å². The molecule has 174 valence electrons. The molecule has 32 heavy (non-hydrogen) atoms. The van der Waals surface area contributed by atoms with Crippen molar-refractivity contribution in [2.75, 3.05) is 33.9 Å². The number of fused-ring (bicyclic) bond motifs is 1. The Morgan fingerprint density at radius 3 is 2.41 bits per heavy atom. The lowest BCUT2D eigenvalue weighted by molar-refractivity contribution is 0.288. The van der Waals surface area contributed by atoms with Crippen LogP contribution in [0.1, 0.15) is 25.0 Å². The van der Waals surface area contributed by atoms with Crippen molar-refractivity contribution in [2.45, 2.75) is 26.8 Å². The molecule has 3 aromatic rings. The fourth-order valence-electron chi connectivity index (χ4n) is 3.48. The van der Waals surface area contributed by atoms with E-state index in [1.807, 2.05) is 25.1 Å². The van der Waals surface area contributed by atoms with Crippen LogP contribution >= 0.6 is 24.0 Å². The number of H-pyrrole nitrogens is 1. The molecule has 0 radical (unpaired) electrons. The van der Waals surface area contributed by atoms with E-state index in [-0.39, 0.29) is 24.0 Å². The zero-order valence-corrected chi connectivity index (χ0v) is 21.5. The topological polar surface area (TPSA) is 79.9 Å². The molecule has 0 aliphatic carbocycles. The summed E-state index contributed by atoms with van der Waals surface area (Å²) in [6, 6.07) is 12.2. The van der Waals surface area contributed by atoms with E-state index >= 15 is 0 Å². The van der Waals surface area contributed by atoms with Gasteiger partial charge in [-0.15, -0.1) is 24.0 Å². The Hall–Kier alpha value is -2.62. The predicted octanol–water partition coefficient (Wildman–Crippen LogP) is 4.50. The normalized spacial score (nSPS) is 11.1. The lowest BCUT2D eigenvalue weighted by Crippen LogP contribution is -2.38. The fourth-order valence-corrected chi connectivity index (χ4v) is 3.48. The van der Waals surface area contributed by atoms with E-state index in [1.165, 1.54) is 10.9 Å². The third kappa shape index (κ3) is 6.44. The van der Waals surface area contributed by atoms with Gasteiger partial charge in [0, 0.05) is 30.2 Å². The van der Waals surface area contributed by atoms with Gasteiger partial charge in [0.05, 0.1) is 27.4 Å². The van der Waals surface area contributed by atoms with Gasteiger partial charge in [-0.1, -0.05) is 18.2 Å². The highest BCUT2D eigenvalue weighted by atomic mass is 127. The maximum absolute atomic E-state index is 5.68. The number of nitrogens with one attached hydrogen (secondary N) is 3. The summed E-state index contributed by atoms with van der Waals surface area (Å²) in [4.78, 5) is 8.05. The molecule has 3 N–H and O–H groups in total. The molecule has 3 rings (SSSR count).